The van der Waals surface area contributed by atoms with Gasteiger partial charge in [0.15, 0.2) is 0 Å². The molecule has 8 nitrogen and oxygen atoms in total. The van der Waals surface area contributed by atoms with E-state index in [1.54, 1.807) is 0 Å². The first-order chi connectivity index (χ1) is 32.2. The van der Waals surface area contributed by atoms with Gasteiger partial charge in [-0.15, -0.1) is 0 Å². The molecule has 400 valence electrons. The summed E-state index contributed by atoms with van der Waals surface area (Å²) < 4.78 is 44.3. The normalized spacial score (nSPS) is 12.0. The van der Waals surface area contributed by atoms with Crippen molar-refractivity contribution in [3.63, 3.8) is 0 Å². The van der Waals surface area contributed by atoms with Crippen molar-refractivity contribution >= 4 is 15.6 Å². The van der Waals surface area contributed by atoms with Gasteiger partial charge >= 0.3 is 15.6 Å². The summed E-state index contributed by atoms with van der Waals surface area (Å²) in [6.07, 6.45) is 61.1. The van der Waals surface area contributed by atoms with Gasteiger partial charge in [-0.3, -0.25) is 18.1 Å². The van der Waals surface area contributed by atoms with Crippen LogP contribution in [-0.2, 0) is 27.2 Å². The van der Waals surface area contributed by atoms with Crippen molar-refractivity contribution in [2.45, 2.75) is 336 Å². The summed E-state index contributed by atoms with van der Waals surface area (Å²) in [5.74, 6) is 0. The fourth-order valence-corrected chi connectivity index (χ4v) is 10.2. The fourth-order valence-electron chi connectivity index (χ4n) is 8.57. The van der Waals surface area contributed by atoms with Crippen LogP contribution in [-0.4, -0.2) is 36.2 Å². The number of unbranched alkanes of at least 4 members (excludes halogenated alkanes) is 44. The molecule has 0 aromatic rings. The summed E-state index contributed by atoms with van der Waals surface area (Å²) in [5.41, 5.74) is 0. The maximum absolute atomic E-state index is 11.9. The summed E-state index contributed by atoms with van der Waals surface area (Å²) in [6.45, 7) is 10.3. The molecule has 0 spiro atoms. The van der Waals surface area contributed by atoms with E-state index in [1.165, 1.54) is 257 Å². The van der Waals surface area contributed by atoms with Crippen LogP contribution in [0.5, 0.6) is 0 Å². The number of phosphoric acid groups is 2. The van der Waals surface area contributed by atoms with Gasteiger partial charge in [0.05, 0.1) is 26.4 Å². The van der Waals surface area contributed by atoms with Crippen LogP contribution in [0.4, 0.5) is 0 Å². The van der Waals surface area contributed by atoms with Crippen LogP contribution in [0, 0.1) is 0 Å². The number of phosphoric ester groups is 2. The van der Waals surface area contributed by atoms with E-state index in [9.17, 15) is 18.9 Å². The third-order valence-electron chi connectivity index (χ3n) is 13.0. The van der Waals surface area contributed by atoms with Crippen molar-refractivity contribution in [2.75, 3.05) is 26.4 Å². The minimum Gasteiger partial charge on any atom is -0.302 e. The maximum Gasteiger partial charge on any atom is 0.472 e. The summed E-state index contributed by atoms with van der Waals surface area (Å²) in [5, 5.41) is 0. The second-order valence-electron chi connectivity index (χ2n) is 19.8. The van der Waals surface area contributed by atoms with Gasteiger partial charge in [-0.2, -0.15) is 0 Å². The zero-order valence-electron chi connectivity index (χ0n) is 45.0. The molecule has 0 unspecified atom stereocenters. The van der Waals surface area contributed by atoms with Crippen molar-refractivity contribution in [1.82, 2.24) is 0 Å². The molecule has 0 aromatic heterocycles. The van der Waals surface area contributed by atoms with Gasteiger partial charge in [0.1, 0.15) is 0 Å². The van der Waals surface area contributed by atoms with E-state index in [0.29, 0.717) is 26.4 Å². The number of hydrogen-bond acceptors (Lipinski definition) is 6. The lowest BCUT2D eigenvalue weighted by Gasteiger charge is -2.12. The average molecular weight is 981 g/mol. The lowest BCUT2D eigenvalue weighted by molar-refractivity contribution is 0.144. The smallest absolute Gasteiger partial charge is 0.302 e. The first-order valence-corrected chi connectivity index (χ1v) is 32.5. The van der Waals surface area contributed by atoms with E-state index < -0.39 is 15.6 Å². The van der Waals surface area contributed by atoms with Crippen LogP contribution < -0.4 is 0 Å². The molecule has 0 atom stereocenters. The largest absolute Gasteiger partial charge is 0.472 e. The first-order valence-electron chi connectivity index (χ1n) is 29.5. The SMILES string of the molecule is CCCCCCCCCCCCCCOP(=O)(O)OCCCCCCCCCCCCCC.CCCCCCCCCCCCCCOP(=O)(O)OCCCCCCCCCCCCCC. The van der Waals surface area contributed by atoms with Gasteiger partial charge < -0.3 is 9.79 Å². The molecule has 0 fully saturated rings. The average Bonchev–Trinajstić information content (AvgIpc) is 3.30. The molecule has 2 N–H and O–H groups in total. The zero-order valence-corrected chi connectivity index (χ0v) is 46.8. The highest BCUT2D eigenvalue weighted by Gasteiger charge is 2.21. The molecule has 0 bridgehead atoms. The Morgan fingerprint density at radius 1 is 0.212 bits per heavy atom. The molecule has 66 heavy (non-hydrogen) atoms. The van der Waals surface area contributed by atoms with Gasteiger partial charge in [-0.1, -0.05) is 310 Å². The lowest BCUT2D eigenvalue weighted by Crippen LogP contribution is -1.99. The summed E-state index contributed by atoms with van der Waals surface area (Å²) in [4.78, 5) is 19.6. The molecule has 0 rings (SSSR count). The molecular formula is C56H118O8P2. The predicted octanol–water partition coefficient (Wildman–Crippen LogP) is 21.0. The van der Waals surface area contributed by atoms with E-state index in [0.717, 1.165) is 51.4 Å². The van der Waals surface area contributed by atoms with Gasteiger partial charge in [0.25, 0.3) is 0 Å². The van der Waals surface area contributed by atoms with E-state index in [-0.39, 0.29) is 0 Å². The molecular weight excluding hydrogens is 863 g/mol. The van der Waals surface area contributed by atoms with Crippen LogP contribution in [0.15, 0.2) is 0 Å². The minimum absolute atomic E-state index is 0.323. The highest BCUT2D eigenvalue weighted by Crippen LogP contribution is 2.44. The Labute approximate surface area is 413 Å². The molecule has 0 aliphatic rings. The maximum atomic E-state index is 11.9. The van der Waals surface area contributed by atoms with E-state index in [4.69, 9.17) is 18.1 Å². The second-order valence-corrected chi connectivity index (χ2v) is 22.7. The zero-order chi connectivity index (χ0) is 48.6. The predicted molar refractivity (Wildman–Crippen MR) is 288 cm³/mol. The van der Waals surface area contributed by atoms with Crippen LogP contribution in [0.25, 0.3) is 0 Å². The van der Waals surface area contributed by atoms with Gasteiger partial charge in [-0.05, 0) is 25.7 Å². The van der Waals surface area contributed by atoms with Crippen LogP contribution in [0.3, 0.4) is 0 Å². The molecule has 0 saturated carbocycles. The second kappa shape index (κ2) is 57.8. The van der Waals surface area contributed by atoms with E-state index >= 15 is 0 Å². The Bertz CT molecular complexity index is 841. The summed E-state index contributed by atoms with van der Waals surface area (Å²) >= 11 is 0. The minimum atomic E-state index is -3.86. The standard InChI is InChI=1S/2C28H59O4P/c2*1-3-5-7-9-11-13-15-17-19-21-23-25-27-31-33(29,30)32-28-26-24-22-20-18-16-14-12-10-8-6-4-2/h2*3-28H2,1-2H3,(H,29,30). The summed E-state index contributed by atoms with van der Waals surface area (Å²) in [7, 11) is -7.71. The molecule has 0 heterocycles. The van der Waals surface area contributed by atoms with E-state index in [1.807, 2.05) is 0 Å². The Balaban J connectivity index is 0. The first kappa shape index (κ1) is 68.3. The third-order valence-corrected chi connectivity index (χ3v) is 15.0. The highest BCUT2D eigenvalue weighted by atomic mass is 31.2. The molecule has 0 aliphatic heterocycles. The highest BCUT2D eigenvalue weighted by molar-refractivity contribution is 7.47. The van der Waals surface area contributed by atoms with Gasteiger partial charge in [0.2, 0.25) is 0 Å². The van der Waals surface area contributed by atoms with E-state index in [2.05, 4.69) is 27.7 Å². The van der Waals surface area contributed by atoms with Crippen LogP contribution in [0.1, 0.15) is 336 Å². The van der Waals surface area contributed by atoms with Gasteiger partial charge in [0, 0.05) is 0 Å². The Morgan fingerprint density at radius 2 is 0.318 bits per heavy atom. The number of rotatable bonds is 56. The Hall–Kier alpha value is 0.220. The topological polar surface area (TPSA) is 112 Å². The molecule has 0 amide bonds. The Kier molecular flexibility index (Phi) is 59.8. The van der Waals surface area contributed by atoms with Crippen molar-refractivity contribution in [1.29, 1.82) is 0 Å². The van der Waals surface area contributed by atoms with Crippen LogP contribution in [0.2, 0.25) is 0 Å². The monoisotopic (exact) mass is 981 g/mol. The van der Waals surface area contributed by atoms with Crippen molar-refractivity contribution in [2.24, 2.45) is 0 Å². The van der Waals surface area contributed by atoms with Crippen molar-refractivity contribution in [3.05, 3.63) is 0 Å². The van der Waals surface area contributed by atoms with Crippen molar-refractivity contribution in [3.8, 4) is 0 Å². The molecule has 0 saturated heterocycles. The molecule has 0 aliphatic carbocycles. The number of hydrogen-bond donors (Lipinski definition) is 2. The molecule has 0 radical (unpaired) electrons. The molecule has 10 heteroatoms. The quantitative estimate of drug-likeness (QED) is 0.0458. The van der Waals surface area contributed by atoms with Crippen molar-refractivity contribution < 1.29 is 37.0 Å². The van der Waals surface area contributed by atoms with Crippen LogP contribution >= 0.6 is 15.6 Å². The van der Waals surface area contributed by atoms with Gasteiger partial charge in [-0.25, -0.2) is 9.13 Å². The fraction of sp³-hybridized carbons (Fsp3) is 1.00. The third kappa shape index (κ3) is 62.2. The summed E-state index contributed by atoms with van der Waals surface area (Å²) in [6, 6.07) is 0. The lowest BCUT2D eigenvalue weighted by atomic mass is 10.1. The Morgan fingerprint density at radius 3 is 0.439 bits per heavy atom. The molecule has 0 aromatic carbocycles.